The zero-order chi connectivity index (χ0) is 11.1. The zero-order valence-corrected chi connectivity index (χ0v) is 9.45. The first-order chi connectivity index (χ1) is 7.04. The van der Waals surface area contributed by atoms with Crippen molar-refractivity contribution in [3.63, 3.8) is 0 Å². The highest BCUT2D eigenvalue weighted by Gasteiger charge is 2.24. The van der Waals surface area contributed by atoms with Gasteiger partial charge in [0.2, 0.25) is 0 Å². The van der Waals surface area contributed by atoms with Crippen molar-refractivity contribution in [2.24, 2.45) is 4.40 Å². The summed E-state index contributed by atoms with van der Waals surface area (Å²) in [6.07, 6.45) is 1.37. The number of nitrogens with zero attached hydrogens (tertiary/aromatic N) is 2. The molecule has 0 amide bonds. The van der Waals surface area contributed by atoms with Gasteiger partial charge in [-0.15, -0.1) is 4.40 Å². The van der Waals surface area contributed by atoms with Crippen LogP contribution in [0.1, 0.15) is 12.5 Å². The molecule has 1 heterocycles. The molecule has 2 rings (SSSR count). The Kier molecular flexibility index (Phi) is 2.26. The van der Waals surface area contributed by atoms with Crippen LogP contribution in [0.5, 0.6) is 0 Å². The number of benzene rings is 1. The van der Waals surface area contributed by atoms with E-state index in [1.807, 2.05) is 30.9 Å². The predicted molar refractivity (Wildman–Crippen MR) is 59.9 cm³/mol. The van der Waals surface area contributed by atoms with Gasteiger partial charge >= 0.3 is 0 Å². The normalized spacial score (nSPS) is 17.6. The molecule has 0 N–H and O–H groups in total. The molecule has 4 nitrogen and oxygen atoms in total. The van der Waals surface area contributed by atoms with E-state index in [2.05, 4.69) is 4.40 Å². The molecule has 1 aromatic carbocycles. The Morgan fingerprint density at radius 1 is 1.40 bits per heavy atom. The highest BCUT2D eigenvalue weighted by atomic mass is 32.2. The van der Waals surface area contributed by atoms with E-state index >= 15 is 0 Å². The number of hydrogen-bond donors (Lipinski definition) is 0. The maximum Gasteiger partial charge on any atom is 0.285 e. The number of hydrogen-bond acceptors (Lipinski definition) is 3. The summed E-state index contributed by atoms with van der Waals surface area (Å²) >= 11 is 0. The lowest BCUT2D eigenvalue weighted by molar-refractivity contribution is 0.597. The topological polar surface area (TPSA) is 49.7 Å². The van der Waals surface area contributed by atoms with E-state index < -0.39 is 10.0 Å². The molecule has 0 aromatic heterocycles. The Bertz CT molecular complexity index is 520. The van der Waals surface area contributed by atoms with Gasteiger partial charge in [-0.1, -0.05) is 6.07 Å². The van der Waals surface area contributed by atoms with E-state index in [0.29, 0.717) is 17.1 Å². The van der Waals surface area contributed by atoms with Crippen molar-refractivity contribution in [1.82, 2.24) is 0 Å². The monoisotopic (exact) mass is 224 g/mol. The van der Waals surface area contributed by atoms with Gasteiger partial charge in [0.15, 0.2) is 0 Å². The second-order valence-electron chi connectivity index (χ2n) is 3.45. The minimum absolute atomic E-state index is 0.298. The van der Waals surface area contributed by atoms with E-state index in [4.69, 9.17) is 0 Å². The van der Waals surface area contributed by atoms with E-state index in [1.165, 1.54) is 6.34 Å². The van der Waals surface area contributed by atoms with Crippen molar-refractivity contribution in [3.8, 4) is 0 Å². The molecule has 0 unspecified atom stereocenters. The lowest BCUT2D eigenvalue weighted by Gasteiger charge is -2.23. The van der Waals surface area contributed by atoms with Crippen LogP contribution >= 0.6 is 0 Å². The van der Waals surface area contributed by atoms with E-state index in [9.17, 15) is 8.42 Å². The third kappa shape index (κ3) is 1.63. The second kappa shape index (κ2) is 3.34. The Labute approximate surface area is 89.3 Å². The lowest BCUT2D eigenvalue weighted by atomic mass is 10.2. The predicted octanol–water partition coefficient (Wildman–Crippen LogP) is 1.55. The molecule has 15 heavy (non-hydrogen) atoms. The average Bonchev–Trinajstić information content (AvgIpc) is 2.19. The number of rotatable bonds is 1. The van der Waals surface area contributed by atoms with Crippen molar-refractivity contribution >= 4 is 22.0 Å². The van der Waals surface area contributed by atoms with E-state index in [0.717, 1.165) is 5.56 Å². The van der Waals surface area contributed by atoms with Crippen LogP contribution in [0, 0.1) is 6.92 Å². The molecule has 0 aliphatic carbocycles. The van der Waals surface area contributed by atoms with Gasteiger partial charge in [-0.05, 0) is 31.5 Å². The Balaban J connectivity index is 2.70. The van der Waals surface area contributed by atoms with Crippen molar-refractivity contribution < 1.29 is 8.42 Å². The van der Waals surface area contributed by atoms with Crippen LogP contribution in [0.3, 0.4) is 0 Å². The number of aryl methyl sites for hydroxylation is 1. The fourth-order valence-electron chi connectivity index (χ4n) is 1.56. The first-order valence-corrected chi connectivity index (χ1v) is 6.16. The third-order valence-electron chi connectivity index (χ3n) is 2.37. The van der Waals surface area contributed by atoms with E-state index in [1.54, 1.807) is 6.07 Å². The van der Waals surface area contributed by atoms with Crippen molar-refractivity contribution in [1.29, 1.82) is 0 Å². The van der Waals surface area contributed by atoms with Crippen LogP contribution in [0.15, 0.2) is 27.5 Å². The Morgan fingerprint density at radius 3 is 2.80 bits per heavy atom. The largest absolute Gasteiger partial charge is 0.331 e. The van der Waals surface area contributed by atoms with Crippen LogP contribution in [0.4, 0.5) is 5.69 Å². The quantitative estimate of drug-likeness (QED) is 0.727. The average molecular weight is 224 g/mol. The van der Waals surface area contributed by atoms with Crippen LogP contribution < -0.4 is 4.90 Å². The summed E-state index contributed by atoms with van der Waals surface area (Å²) in [7, 11) is -3.48. The first-order valence-electron chi connectivity index (χ1n) is 4.72. The maximum absolute atomic E-state index is 11.7. The van der Waals surface area contributed by atoms with Crippen LogP contribution in [0.25, 0.3) is 0 Å². The van der Waals surface area contributed by atoms with Gasteiger partial charge in [-0.25, -0.2) is 0 Å². The van der Waals surface area contributed by atoms with Gasteiger partial charge < -0.3 is 4.90 Å². The number of anilines is 1. The SMILES string of the molecule is CCN1C=NS(=O)(=O)c2cc(C)ccc21. The maximum atomic E-state index is 11.7. The lowest BCUT2D eigenvalue weighted by Crippen LogP contribution is -2.26. The Morgan fingerprint density at radius 2 is 2.13 bits per heavy atom. The molecule has 0 saturated heterocycles. The standard InChI is InChI=1S/C10H12N2O2S/c1-3-12-7-11-15(13,14)10-6-8(2)4-5-9(10)12/h4-7H,3H2,1-2H3. The summed E-state index contributed by atoms with van der Waals surface area (Å²) in [5.41, 5.74) is 1.63. The molecule has 5 heteroatoms. The molecule has 0 radical (unpaired) electrons. The summed E-state index contributed by atoms with van der Waals surface area (Å²) in [6.45, 7) is 4.52. The molecule has 1 aliphatic heterocycles. The second-order valence-corrected chi connectivity index (χ2v) is 5.05. The van der Waals surface area contributed by atoms with Crippen LogP contribution in [-0.4, -0.2) is 21.3 Å². The summed E-state index contributed by atoms with van der Waals surface area (Å²) in [6, 6.07) is 5.37. The molecule has 80 valence electrons. The van der Waals surface area contributed by atoms with Gasteiger partial charge in [-0.2, -0.15) is 8.42 Å². The minimum Gasteiger partial charge on any atom is -0.331 e. The highest BCUT2D eigenvalue weighted by molar-refractivity contribution is 7.90. The molecule has 0 bridgehead atoms. The minimum atomic E-state index is -3.48. The van der Waals surface area contributed by atoms with Gasteiger partial charge in [0.05, 0.1) is 5.69 Å². The smallest absolute Gasteiger partial charge is 0.285 e. The molecule has 0 saturated carbocycles. The number of sulfonamides is 1. The van der Waals surface area contributed by atoms with Crippen LogP contribution in [0.2, 0.25) is 0 Å². The summed E-state index contributed by atoms with van der Waals surface area (Å²) in [5.74, 6) is 0. The van der Waals surface area contributed by atoms with Crippen LogP contribution in [-0.2, 0) is 10.0 Å². The molecule has 0 fully saturated rings. The van der Waals surface area contributed by atoms with Crippen molar-refractivity contribution in [3.05, 3.63) is 23.8 Å². The fraction of sp³-hybridized carbons (Fsp3) is 0.300. The molecule has 1 aliphatic rings. The van der Waals surface area contributed by atoms with Crippen molar-refractivity contribution in [2.75, 3.05) is 11.4 Å². The first kappa shape index (κ1) is 10.2. The summed E-state index contributed by atoms with van der Waals surface area (Å²) < 4.78 is 26.9. The molecule has 0 atom stereocenters. The fourth-order valence-corrected chi connectivity index (χ4v) is 2.69. The van der Waals surface area contributed by atoms with E-state index in [-0.39, 0.29) is 0 Å². The summed E-state index contributed by atoms with van der Waals surface area (Å²) in [4.78, 5) is 2.11. The third-order valence-corrected chi connectivity index (χ3v) is 3.62. The van der Waals surface area contributed by atoms with Gasteiger partial charge in [0.25, 0.3) is 10.0 Å². The molecular formula is C10H12N2O2S. The van der Waals surface area contributed by atoms with Crippen molar-refractivity contribution in [2.45, 2.75) is 18.7 Å². The van der Waals surface area contributed by atoms with Gasteiger partial charge in [0, 0.05) is 6.54 Å². The number of fused-ring (bicyclic) bond motifs is 1. The van der Waals surface area contributed by atoms with Gasteiger partial charge in [-0.3, -0.25) is 0 Å². The summed E-state index contributed by atoms with van der Waals surface area (Å²) in [5, 5.41) is 0. The molecule has 1 aromatic rings. The van der Waals surface area contributed by atoms with Gasteiger partial charge in [0.1, 0.15) is 11.2 Å². The zero-order valence-electron chi connectivity index (χ0n) is 8.64. The highest BCUT2D eigenvalue weighted by Crippen LogP contribution is 2.29. The molecular weight excluding hydrogens is 212 g/mol. The molecule has 0 spiro atoms. The Hall–Kier alpha value is -1.36.